The number of halogens is 1. The Labute approximate surface area is 136 Å². The molecule has 0 fully saturated rings. The highest BCUT2D eigenvalue weighted by Crippen LogP contribution is 2.30. The minimum absolute atomic E-state index is 0.0953. The summed E-state index contributed by atoms with van der Waals surface area (Å²) in [5.74, 6) is 0. The van der Waals surface area contributed by atoms with E-state index < -0.39 is 10.0 Å². The summed E-state index contributed by atoms with van der Waals surface area (Å²) in [6.07, 6.45) is 3.77. The van der Waals surface area contributed by atoms with Crippen molar-refractivity contribution in [3.8, 4) is 0 Å². The zero-order valence-corrected chi connectivity index (χ0v) is 14.9. The van der Waals surface area contributed by atoms with Gasteiger partial charge in [-0.3, -0.25) is 0 Å². The summed E-state index contributed by atoms with van der Waals surface area (Å²) in [6, 6.07) is 4.35. The maximum atomic E-state index is 12.3. The van der Waals surface area contributed by atoms with Crippen molar-refractivity contribution in [3.63, 3.8) is 0 Å². The monoisotopic (exact) mass is 351 g/mol. The number of hydrogen-bond acceptors (Lipinski definition) is 4. The number of aliphatic hydroxyl groups excluding tert-OH is 1. The van der Waals surface area contributed by atoms with Gasteiger partial charge in [0.1, 0.15) is 0 Å². The van der Waals surface area contributed by atoms with Gasteiger partial charge in [-0.15, -0.1) is 0 Å². The maximum Gasteiger partial charge on any atom is 0.240 e. The predicted octanol–water partition coefficient (Wildman–Crippen LogP) is 3.03. The van der Waals surface area contributed by atoms with Crippen LogP contribution in [0.15, 0.2) is 23.1 Å². The minimum atomic E-state index is -3.60. The van der Waals surface area contributed by atoms with E-state index in [0.29, 0.717) is 12.1 Å². The third kappa shape index (κ3) is 4.60. The Kier molecular flexibility index (Phi) is 7.00. The standard InChI is InChI=1S/C14H22ClNO3S2/c1-4-14(5-2,20-3)10-16-21(18,19)12-7-6-11(9-17)13(15)8-12/h6-8,16-17H,4-5,9-10H2,1-3H3. The molecule has 0 atom stereocenters. The van der Waals surface area contributed by atoms with Crippen molar-refractivity contribution in [2.75, 3.05) is 12.8 Å². The van der Waals surface area contributed by atoms with Crippen LogP contribution in [0.3, 0.4) is 0 Å². The lowest BCUT2D eigenvalue weighted by atomic mass is 10.0. The summed E-state index contributed by atoms with van der Waals surface area (Å²) in [5.41, 5.74) is 0.510. The Morgan fingerprint density at radius 1 is 1.33 bits per heavy atom. The van der Waals surface area contributed by atoms with E-state index in [4.69, 9.17) is 16.7 Å². The Hall–Kier alpha value is -0.270. The molecular formula is C14H22ClNO3S2. The molecule has 0 aliphatic heterocycles. The molecule has 0 aliphatic rings. The summed E-state index contributed by atoms with van der Waals surface area (Å²) in [5, 5.41) is 9.32. The van der Waals surface area contributed by atoms with E-state index in [0.717, 1.165) is 12.8 Å². The van der Waals surface area contributed by atoms with E-state index >= 15 is 0 Å². The Balaban J connectivity index is 2.94. The molecular weight excluding hydrogens is 330 g/mol. The number of benzene rings is 1. The average molecular weight is 352 g/mol. The second-order valence-corrected chi connectivity index (χ2v) is 8.28. The van der Waals surface area contributed by atoms with Crippen molar-refractivity contribution in [1.82, 2.24) is 4.72 Å². The SMILES string of the molecule is CCC(CC)(CNS(=O)(=O)c1ccc(CO)c(Cl)c1)SC. The largest absolute Gasteiger partial charge is 0.392 e. The lowest BCUT2D eigenvalue weighted by Crippen LogP contribution is -2.39. The molecule has 1 aromatic rings. The summed E-state index contributed by atoms with van der Waals surface area (Å²) in [6.45, 7) is 4.28. The molecule has 2 N–H and O–H groups in total. The molecule has 1 aromatic carbocycles. The number of nitrogens with one attached hydrogen (secondary N) is 1. The van der Waals surface area contributed by atoms with Gasteiger partial charge in [0.2, 0.25) is 10.0 Å². The van der Waals surface area contributed by atoms with Crippen molar-refractivity contribution >= 4 is 33.4 Å². The van der Waals surface area contributed by atoms with Crippen LogP contribution in [-0.2, 0) is 16.6 Å². The van der Waals surface area contributed by atoms with Gasteiger partial charge in [-0.05, 0) is 36.8 Å². The highest BCUT2D eigenvalue weighted by molar-refractivity contribution is 8.00. The van der Waals surface area contributed by atoms with E-state index in [1.165, 1.54) is 18.2 Å². The van der Waals surface area contributed by atoms with Crippen LogP contribution >= 0.6 is 23.4 Å². The molecule has 0 bridgehead atoms. The second kappa shape index (κ2) is 7.83. The van der Waals surface area contributed by atoms with Crippen LogP contribution in [0.2, 0.25) is 5.02 Å². The number of aliphatic hydroxyl groups is 1. The first-order chi connectivity index (χ1) is 9.84. The van der Waals surface area contributed by atoms with Crippen molar-refractivity contribution < 1.29 is 13.5 Å². The minimum Gasteiger partial charge on any atom is -0.392 e. The molecule has 21 heavy (non-hydrogen) atoms. The van der Waals surface area contributed by atoms with Crippen LogP contribution < -0.4 is 4.72 Å². The Bertz CT molecular complexity index is 563. The van der Waals surface area contributed by atoms with Crippen LogP contribution in [0.5, 0.6) is 0 Å². The number of sulfonamides is 1. The number of hydrogen-bond donors (Lipinski definition) is 2. The predicted molar refractivity (Wildman–Crippen MR) is 89.4 cm³/mol. The summed E-state index contributed by atoms with van der Waals surface area (Å²) in [7, 11) is -3.60. The fourth-order valence-corrected chi connectivity index (χ4v) is 4.34. The molecule has 0 aromatic heterocycles. The van der Waals surface area contributed by atoms with Gasteiger partial charge in [0.05, 0.1) is 11.5 Å². The Morgan fingerprint density at radius 3 is 2.38 bits per heavy atom. The fraction of sp³-hybridized carbons (Fsp3) is 0.571. The van der Waals surface area contributed by atoms with E-state index in [2.05, 4.69) is 18.6 Å². The van der Waals surface area contributed by atoms with E-state index in [1.54, 1.807) is 11.8 Å². The highest BCUT2D eigenvalue weighted by Gasteiger charge is 2.27. The van der Waals surface area contributed by atoms with Gasteiger partial charge in [-0.1, -0.05) is 31.5 Å². The van der Waals surface area contributed by atoms with E-state index in [-0.39, 0.29) is 21.3 Å². The van der Waals surface area contributed by atoms with Crippen molar-refractivity contribution in [3.05, 3.63) is 28.8 Å². The maximum absolute atomic E-state index is 12.3. The van der Waals surface area contributed by atoms with Gasteiger partial charge in [-0.25, -0.2) is 13.1 Å². The van der Waals surface area contributed by atoms with Crippen LogP contribution in [-0.4, -0.2) is 31.1 Å². The fourth-order valence-electron chi connectivity index (χ4n) is 1.99. The summed E-state index contributed by atoms with van der Waals surface area (Å²) < 4.78 is 27.2. The van der Waals surface area contributed by atoms with Crippen LogP contribution in [0, 0.1) is 0 Å². The lowest BCUT2D eigenvalue weighted by Gasteiger charge is -2.29. The van der Waals surface area contributed by atoms with Crippen LogP contribution in [0.25, 0.3) is 0 Å². The third-order valence-electron chi connectivity index (χ3n) is 3.81. The summed E-state index contributed by atoms with van der Waals surface area (Å²) in [4.78, 5) is 0.118. The molecule has 0 aliphatic carbocycles. The molecule has 0 radical (unpaired) electrons. The average Bonchev–Trinajstić information content (AvgIpc) is 2.49. The van der Waals surface area contributed by atoms with Gasteiger partial charge >= 0.3 is 0 Å². The number of thioether (sulfide) groups is 1. The molecule has 0 spiro atoms. The van der Waals surface area contributed by atoms with Gasteiger partial charge in [-0.2, -0.15) is 11.8 Å². The van der Waals surface area contributed by atoms with Gasteiger partial charge in [0.15, 0.2) is 0 Å². The van der Waals surface area contributed by atoms with Gasteiger partial charge < -0.3 is 5.11 Å². The van der Waals surface area contributed by atoms with Gasteiger partial charge in [0, 0.05) is 16.3 Å². The molecule has 1 rings (SSSR count). The molecule has 120 valence electrons. The quantitative estimate of drug-likeness (QED) is 0.755. The zero-order valence-electron chi connectivity index (χ0n) is 12.5. The Morgan fingerprint density at radius 2 is 1.95 bits per heavy atom. The molecule has 0 saturated carbocycles. The second-order valence-electron chi connectivity index (χ2n) is 4.83. The van der Waals surface area contributed by atoms with E-state index in [9.17, 15) is 8.42 Å². The molecule has 4 nitrogen and oxygen atoms in total. The van der Waals surface area contributed by atoms with Crippen molar-refractivity contribution in [1.29, 1.82) is 0 Å². The highest BCUT2D eigenvalue weighted by atomic mass is 35.5. The van der Waals surface area contributed by atoms with Crippen LogP contribution in [0.1, 0.15) is 32.3 Å². The first-order valence-electron chi connectivity index (χ1n) is 6.78. The van der Waals surface area contributed by atoms with Crippen molar-refractivity contribution in [2.45, 2.75) is 42.9 Å². The normalized spacial score (nSPS) is 12.6. The van der Waals surface area contributed by atoms with Gasteiger partial charge in [0.25, 0.3) is 0 Å². The van der Waals surface area contributed by atoms with Crippen LogP contribution in [0.4, 0.5) is 0 Å². The van der Waals surface area contributed by atoms with Crippen molar-refractivity contribution in [2.24, 2.45) is 0 Å². The third-order valence-corrected chi connectivity index (χ3v) is 7.15. The lowest BCUT2D eigenvalue weighted by molar-refractivity contribution is 0.282. The molecule has 0 heterocycles. The molecule has 7 heteroatoms. The molecule has 0 unspecified atom stereocenters. The summed E-state index contributed by atoms with van der Waals surface area (Å²) >= 11 is 7.63. The first-order valence-corrected chi connectivity index (χ1v) is 9.87. The zero-order chi connectivity index (χ0) is 16.1. The topological polar surface area (TPSA) is 66.4 Å². The number of rotatable bonds is 8. The first kappa shape index (κ1) is 18.8. The molecule has 0 saturated heterocycles. The smallest absolute Gasteiger partial charge is 0.240 e. The molecule has 0 amide bonds. The van der Waals surface area contributed by atoms with E-state index in [1.807, 2.05) is 6.26 Å².